The second-order valence-electron chi connectivity index (χ2n) is 5.50. The number of para-hydroxylation sites is 3. The van der Waals surface area contributed by atoms with E-state index in [-0.39, 0.29) is 12.5 Å². The van der Waals surface area contributed by atoms with Crippen LogP contribution >= 0.6 is 15.9 Å². The third kappa shape index (κ3) is 4.27. The molecule has 0 aliphatic carbocycles. The van der Waals surface area contributed by atoms with Crippen molar-refractivity contribution >= 4 is 38.9 Å². The highest BCUT2D eigenvalue weighted by Gasteiger charge is 2.15. The molecule has 5 nitrogen and oxygen atoms in total. The summed E-state index contributed by atoms with van der Waals surface area (Å²) in [7, 11) is 0. The summed E-state index contributed by atoms with van der Waals surface area (Å²) in [4.78, 5) is 14.5. The molecule has 1 aliphatic heterocycles. The van der Waals surface area contributed by atoms with Crippen LogP contribution in [-0.2, 0) is 9.53 Å². The monoisotopic (exact) mass is 389 g/mol. The highest BCUT2D eigenvalue weighted by atomic mass is 79.9. The first kappa shape index (κ1) is 16.8. The van der Waals surface area contributed by atoms with Gasteiger partial charge in [0.2, 0.25) is 5.91 Å². The van der Waals surface area contributed by atoms with E-state index in [9.17, 15) is 4.79 Å². The van der Waals surface area contributed by atoms with Crippen molar-refractivity contribution in [2.75, 3.05) is 48.4 Å². The van der Waals surface area contributed by atoms with E-state index in [1.54, 1.807) is 0 Å². The molecule has 0 atom stereocenters. The van der Waals surface area contributed by atoms with Gasteiger partial charge in [-0.25, -0.2) is 0 Å². The Morgan fingerprint density at radius 2 is 1.71 bits per heavy atom. The highest BCUT2D eigenvalue weighted by molar-refractivity contribution is 9.10. The molecule has 1 heterocycles. The first-order chi connectivity index (χ1) is 11.7. The Morgan fingerprint density at radius 3 is 2.46 bits per heavy atom. The normalized spacial score (nSPS) is 14.3. The van der Waals surface area contributed by atoms with Crippen LogP contribution < -0.4 is 15.5 Å². The van der Waals surface area contributed by atoms with Gasteiger partial charge in [-0.15, -0.1) is 0 Å². The van der Waals surface area contributed by atoms with Crippen LogP contribution in [0.25, 0.3) is 0 Å². The number of halogens is 1. The molecule has 126 valence electrons. The maximum Gasteiger partial charge on any atom is 0.243 e. The maximum absolute atomic E-state index is 12.3. The molecule has 1 saturated heterocycles. The van der Waals surface area contributed by atoms with Gasteiger partial charge in [-0.3, -0.25) is 4.79 Å². The quantitative estimate of drug-likeness (QED) is 0.823. The van der Waals surface area contributed by atoms with E-state index < -0.39 is 0 Å². The lowest BCUT2D eigenvalue weighted by Gasteiger charge is -2.30. The number of morpholine rings is 1. The fourth-order valence-corrected chi connectivity index (χ4v) is 3.06. The van der Waals surface area contributed by atoms with Crippen molar-refractivity contribution in [1.82, 2.24) is 0 Å². The standard InChI is InChI=1S/C18H20BrN3O2/c19-14-5-1-2-6-15(14)20-13-18(23)21-16-7-3-4-8-17(16)22-9-11-24-12-10-22/h1-8,20H,9-13H2,(H,21,23). The summed E-state index contributed by atoms with van der Waals surface area (Å²) >= 11 is 3.46. The van der Waals surface area contributed by atoms with E-state index in [4.69, 9.17) is 4.74 Å². The molecule has 0 saturated carbocycles. The lowest BCUT2D eigenvalue weighted by Crippen LogP contribution is -2.37. The fourth-order valence-electron chi connectivity index (χ4n) is 2.63. The first-order valence-electron chi connectivity index (χ1n) is 7.94. The number of benzene rings is 2. The van der Waals surface area contributed by atoms with Crippen molar-refractivity contribution in [3.63, 3.8) is 0 Å². The Bertz CT molecular complexity index is 702. The van der Waals surface area contributed by atoms with Crippen molar-refractivity contribution < 1.29 is 9.53 Å². The van der Waals surface area contributed by atoms with E-state index >= 15 is 0 Å². The summed E-state index contributed by atoms with van der Waals surface area (Å²) in [6, 6.07) is 15.6. The summed E-state index contributed by atoms with van der Waals surface area (Å²) in [5.41, 5.74) is 2.77. The number of hydrogen-bond donors (Lipinski definition) is 2. The minimum absolute atomic E-state index is 0.0773. The van der Waals surface area contributed by atoms with Crippen molar-refractivity contribution in [2.24, 2.45) is 0 Å². The molecule has 0 radical (unpaired) electrons. The van der Waals surface area contributed by atoms with Gasteiger partial charge in [0, 0.05) is 23.2 Å². The number of anilines is 3. The molecule has 1 fully saturated rings. The fraction of sp³-hybridized carbons (Fsp3) is 0.278. The lowest BCUT2D eigenvalue weighted by atomic mass is 10.2. The Kier molecular flexibility index (Phi) is 5.72. The minimum Gasteiger partial charge on any atom is -0.378 e. The van der Waals surface area contributed by atoms with Crippen LogP contribution in [0.3, 0.4) is 0 Å². The van der Waals surface area contributed by atoms with Crippen LogP contribution in [-0.4, -0.2) is 38.8 Å². The van der Waals surface area contributed by atoms with E-state index in [0.29, 0.717) is 13.2 Å². The molecular formula is C18H20BrN3O2. The van der Waals surface area contributed by atoms with Gasteiger partial charge in [0.15, 0.2) is 0 Å². The molecule has 2 N–H and O–H groups in total. The summed E-state index contributed by atoms with van der Waals surface area (Å²) in [5.74, 6) is -0.0773. The molecule has 1 amide bonds. The third-order valence-electron chi connectivity index (χ3n) is 3.84. The number of amides is 1. The van der Waals surface area contributed by atoms with Crippen LogP contribution in [0.1, 0.15) is 0 Å². The predicted octanol–water partition coefficient (Wildman–Crippen LogP) is 3.34. The van der Waals surface area contributed by atoms with Gasteiger partial charge in [0.25, 0.3) is 0 Å². The summed E-state index contributed by atoms with van der Waals surface area (Å²) in [6.45, 7) is 3.31. The van der Waals surface area contributed by atoms with Crippen molar-refractivity contribution in [1.29, 1.82) is 0 Å². The second-order valence-corrected chi connectivity index (χ2v) is 6.35. The number of carbonyl (C=O) groups is 1. The topological polar surface area (TPSA) is 53.6 Å². The number of ether oxygens (including phenoxy) is 1. The number of nitrogens with zero attached hydrogens (tertiary/aromatic N) is 1. The smallest absolute Gasteiger partial charge is 0.243 e. The van der Waals surface area contributed by atoms with Crippen LogP contribution in [0.5, 0.6) is 0 Å². The lowest BCUT2D eigenvalue weighted by molar-refractivity contribution is -0.114. The molecule has 0 bridgehead atoms. The van der Waals surface area contributed by atoms with Gasteiger partial charge in [0.1, 0.15) is 0 Å². The molecule has 1 aliphatic rings. The zero-order valence-corrected chi connectivity index (χ0v) is 14.9. The van der Waals surface area contributed by atoms with E-state index in [0.717, 1.165) is 34.6 Å². The van der Waals surface area contributed by atoms with Crippen LogP contribution in [0, 0.1) is 0 Å². The average Bonchev–Trinajstić information content (AvgIpc) is 2.62. The van der Waals surface area contributed by atoms with Gasteiger partial charge < -0.3 is 20.3 Å². The zero-order valence-electron chi connectivity index (χ0n) is 13.3. The SMILES string of the molecule is O=C(CNc1ccccc1Br)Nc1ccccc1N1CCOCC1. The Balaban J connectivity index is 1.63. The first-order valence-corrected chi connectivity index (χ1v) is 8.73. The second kappa shape index (κ2) is 8.17. The number of nitrogens with one attached hydrogen (secondary N) is 2. The average molecular weight is 390 g/mol. The molecular weight excluding hydrogens is 370 g/mol. The Morgan fingerprint density at radius 1 is 1.04 bits per heavy atom. The Hall–Kier alpha value is -2.05. The summed E-state index contributed by atoms with van der Waals surface area (Å²) in [5, 5.41) is 6.14. The summed E-state index contributed by atoms with van der Waals surface area (Å²) in [6.07, 6.45) is 0. The van der Waals surface area contributed by atoms with Crippen molar-refractivity contribution in [3.05, 3.63) is 53.0 Å². The van der Waals surface area contributed by atoms with Gasteiger partial charge in [-0.1, -0.05) is 24.3 Å². The number of hydrogen-bond acceptors (Lipinski definition) is 4. The molecule has 2 aromatic rings. The van der Waals surface area contributed by atoms with Crippen molar-refractivity contribution in [2.45, 2.75) is 0 Å². The van der Waals surface area contributed by atoms with Gasteiger partial charge >= 0.3 is 0 Å². The van der Waals surface area contributed by atoms with Crippen molar-refractivity contribution in [3.8, 4) is 0 Å². The Labute approximate surface area is 150 Å². The minimum atomic E-state index is -0.0773. The van der Waals surface area contributed by atoms with Gasteiger partial charge in [-0.05, 0) is 40.2 Å². The molecule has 24 heavy (non-hydrogen) atoms. The highest BCUT2D eigenvalue weighted by Crippen LogP contribution is 2.26. The van der Waals surface area contributed by atoms with Crippen LogP contribution in [0.2, 0.25) is 0 Å². The maximum atomic E-state index is 12.3. The number of rotatable bonds is 5. The van der Waals surface area contributed by atoms with Gasteiger partial charge in [-0.2, -0.15) is 0 Å². The summed E-state index contributed by atoms with van der Waals surface area (Å²) < 4.78 is 6.33. The molecule has 0 aromatic heterocycles. The largest absolute Gasteiger partial charge is 0.378 e. The van der Waals surface area contributed by atoms with E-state index in [2.05, 4.69) is 31.5 Å². The molecule has 6 heteroatoms. The predicted molar refractivity (Wildman–Crippen MR) is 101 cm³/mol. The molecule has 0 unspecified atom stereocenters. The third-order valence-corrected chi connectivity index (χ3v) is 4.53. The van der Waals surface area contributed by atoms with Crippen LogP contribution in [0.4, 0.5) is 17.1 Å². The molecule has 0 spiro atoms. The number of carbonyl (C=O) groups excluding carboxylic acids is 1. The molecule has 2 aromatic carbocycles. The molecule has 3 rings (SSSR count). The zero-order chi connectivity index (χ0) is 16.8. The van der Waals surface area contributed by atoms with E-state index in [1.165, 1.54) is 0 Å². The van der Waals surface area contributed by atoms with Gasteiger partial charge in [0.05, 0.1) is 31.1 Å². The van der Waals surface area contributed by atoms with E-state index in [1.807, 2.05) is 48.5 Å². The van der Waals surface area contributed by atoms with Crippen LogP contribution in [0.15, 0.2) is 53.0 Å².